The first-order valence-corrected chi connectivity index (χ1v) is 10.0. The number of imidazole rings is 1. The predicted molar refractivity (Wildman–Crippen MR) is 113 cm³/mol. The first-order valence-electron chi connectivity index (χ1n) is 10.0. The summed E-state index contributed by atoms with van der Waals surface area (Å²) in [7, 11) is 0. The van der Waals surface area contributed by atoms with Gasteiger partial charge < -0.3 is 27.1 Å². The predicted octanol–water partition coefficient (Wildman–Crippen LogP) is 2.42. The van der Waals surface area contributed by atoms with Crippen molar-refractivity contribution in [1.29, 1.82) is 0 Å². The van der Waals surface area contributed by atoms with E-state index < -0.39 is 0 Å². The lowest BCUT2D eigenvalue weighted by Gasteiger charge is -2.26. The Hall–Kier alpha value is -2.94. The highest BCUT2D eigenvalue weighted by Gasteiger charge is 2.21. The van der Waals surface area contributed by atoms with Gasteiger partial charge in [0.05, 0.1) is 0 Å². The van der Waals surface area contributed by atoms with Crippen LogP contribution >= 0.6 is 0 Å². The van der Waals surface area contributed by atoms with Crippen LogP contribution in [-0.4, -0.2) is 31.6 Å². The number of aryl methyl sites for hydroxylation is 1. The number of aromatic nitrogens is 4. The zero-order valence-corrected chi connectivity index (χ0v) is 16.5. The topological polar surface area (TPSA) is 134 Å². The molecule has 2 aromatic heterocycles. The van der Waals surface area contributed by atoms with Gasteiger partial charge in [0.1, 0.15) is 11.6 Å². The van der Waals surface area contributed by atoms with Crippen LogP contribution in [0.1, 0.15) is 44.0 Å². The molecular formula is C20H27FN8. The number of anilines is 3. The second-order valence-electron chi connectivity index (χ2n) is 7.65. The summed E-state index contributed by atoms with van der Waals surface area (Å²) in [6, 6.07) is 4.92. The van der Waals surface area contributed by atoms with E-state index >= 15 is 0 Å². The van der Waals surface area contributed by atoms with Crippen molar-refractivity contribution in [3.8, 4) is 0 Å². The van der Waals surface area contributed by atoms with Gasteiger partial charge >= 0.3 is 0 Å². The van der Waals surface area contributed by atoms with E-state index in [1.807, 2.05) is 11.5 Å². The number of rotatable bonds is 5. The van der Waals surface area contributed by atoms with Crippen LogP contribution in [0.5, 0.6) is 0 Å². The van der Waals surface area contributed by atoms with Crippen molar-refractivity contribution in [2.75, 3.05) is 16.8 Å². The fourth-order valence-corrected chi connectivity index (χ4v) is 3.94. The quantitative estimate of drug-likeness (QED) is 0.485. The van der Waals surface area contributed by atoms with Crippen molar-refractivity contribution in [2.24, 2.45) is 5.73 Å². The molecule has 1 aromatic carbocycles. The Balaban J connectivity index is 1.67. The Labute approximate surface area is 168 Å². The van der Waals surface area contributed by atoms with Gasteiger partial charge in [-0.15, -0.1) is 0 Å². The Morgan fingerprint density at radius 3 is 2.62 bits per heavy atom. The van der Waals surface area contributed by atoms with Crippen LogP contribution in [0, 0.1) is 5.82 Å². The lowest BCUT2D eigenvalue weighted by atomic mass is 9.92. The SMILES string of the molecule is CCn1c(Cc2cc(F)ccc2N)nc2c(N)nc(NC3CCC(N)CC3)nc21. The largest absolute Gasteiger partial charge is 0.398 e. The maximum absolute atomic E-state index is 13.7. The van der Waals surface area contributed by atoms with Crippen molar-refractivity contribution in [3.05, 3.63) is 35.4 Å². The maximum atomic E-state index is 13.7. The van der Waals surface area contributed by atoms with E-state index in [9.17, 15) is 4.39 Å². The lowest BCUT2D eigenvalue weighted by Crippen LogP contribution is -2.33. The van der Waals surface area contributed by atoms with Crippen LogP contribution in [0.15, 0.2) is 18.2 Å². The van der Waals surface area contributed by atoms with Crippen LogP contribution < -0.4 is 22.5 Å². The molecule has 2 heterocycles. The number of hydrogen-bond acceptors (Lipinski definition) is 7. The standard InChI is InChI=1S/C20H27FN8/c1-2-29-16(10-11-9-12(21)3-8-15(11)23)26-17-18(24)27-20(28-19(17)29)25-14-6-4-13(22)5-7-14/h3,8-9,13-14H,2,4-7,10,22-23H2,1H3,(H3,24,25,27,28). The monoisotopic (exact) mass is 398 g/mol. The molecule has 0 radical (unpaired) electrons. The third-order valence-electron chi connectivity index (χ3n) is 5.58. The molecule has 0 spiro atoms. The molecule has 1 saturated carbocycles. The minimum atomic E-state index is -0.327. The van der Waals surface area contributed by atoms with Crippen molar-refractivity contribution in [2.45, 2.75) is 57.7 Å². The molecule has 1 aliphatic rings. The molecule has 4 rings (SSSR count). The summed E-state index contributed by atoms with van der Waals surface area (Å²) in [6.45, 7) is 2.66. The Kier molecular flexibility index (Phi) is 5.23. The highest BCUT2D eigenvalue weighted by molar-refractivity contribution is 5.83. The van der Waals surface area contributed by atoms with Gasteiger partial charge in [0.25, 0.3) is 0 Å². The minimum Gasteiger partial charge on any atom is -0.398 e. The van der Waals surface area contributed by atoms with Gasteiger partial charge in [0.15, 0.2) is 17.0 Å². The van der Waals surface area contributed by atoms with Gasteiger partial charge in [0.2, 0.25) is 5.95 Å². The zero-order chi connectivity index (χ0) is 20.5. The second kappa shape index (κ2) is 7.82. The summed E-state index contributed by atoms with van der Waals surface area (Å²) >= 11 is 0. The van der Waals surface area contributed by atoms with E-state index in [2.05, 4.69) is 20.3 Å². The third kappa shape index (κ3) is 3.95. The van der Waals surface area contributed by atoms with Gasteiger partial charge in [0, 0.05) is 30.7 Å². The fraction of sp³-hybridized carbons (Fsp3) is 0.450. The second-order valence-corrected chi connectivity index (χ2v) is 7.65. The molecule has 154 valence electrons. The summed E-state index contributed by atoms with van der Waals surface area (Å²) in [4.78, 5) is 13.7. The summed E-state index contributed by atoms with van der Waals surface area (Å²) < 4.78 is 15.6. The Bertz CT molecular complexity index is 1020. The maximum Gasteiger partial charge on any atom is 0.226 e. The van der Waals surface area contributed by atoms with Crippen molar-refractivity contribution in [1.82, 2.24) is 19.5 Å². The molecule has 0 aliphatic heterocycles. The number of hydrogen-bond donors (Lipinski definition) is 4. The molecule has 0 saturated heterocycles. The van der Waals surface area contributed by atoms with Crippen LogP contribution in [0.3, 0.4) is 0 Å². The highest BCUT2D eigenvalue weighted by Crippen LogP contribution is 2.26. The van der Waals surface area contributed by atoms with Crippen molar-refractivity contribution >= 4 is 28.6 Å². The molecule has 1 fully saturated rings. The highest BCUT2D eigenvalue weighted by atomic mass is 19.1. The normalized spacial score (nSPS) is 19.6. The van der Waals surface area contributed by atoms with Crippen LogP contribution in [0.25, 0.3) is 11.2 Å². The number of nitrogen functional groups attached to an aromatic ring is 2. The molecule has 0 bridgehead atoms. The average Bonchev–Trinajstić information content (AvgIpc) is 3.04. The summed E-state index contributed by atoms with van der Waals surface area (Å²) in [6.07, 6.45) is 4.33. The van der Waals surface area contributed by atoms with Gasteiger partial charge in [-0.25, -0.2) is 9.37 Å². The zero-order valence-electron chi connectivity index (χ0n) is 16.5. The van der Waals surface area contributed by atoms with Gasteiger partial charge in [-0.3, -0.25) is 0 Å². The number of fused-ring (bicyclic) bond motifs is 1. The first-order chi connectivity index (χ1) is 13.9. The van der Waals surface area contributed by atoms with E-state index in [1.165, 1.54) is 12.1 Å². The molecule has 1 aliphatic carbocycles. The molecule has 0 amide bonds. The number of nitrogens with two attached hydrogens (primary N) is 3. The summed E-state index contributed by atoms with van der Waals surface area (Å²) in [5.74, 6) is 1.22. The number of nitrogens with zero attached hydrogens (tertiary/aromatic N) is 4. The van der Waals surface area contributed by atoms with E-state index in [0.29, 0.717) is 47.1 Å². The summed E-state index contributed by atoms with van der Waals surface area (Å²) in [5.41, 5.74) is 20.6. The van der Waals surface area contributed by atoms with E-state index in [1.54, 1.807) is 6.07 Å². The molecule has 9 heteroatoms. The number of nitrogens with one attached hydrogen (secondary N) is 1. The van der Waals surface area contributed by atoms with Gasteiger partial charge in [-0.05, 0) is 56.4 Å². The molecule has 7 N–H and O–H groups in total. The lowest BCUT2D eigenvalue weighted by molar-refractivity contribution is 0.410. The van der Waals surface area contributed by atoms with Crippen molar-refractivity contribution in [3.63, 3.8) is 0 Å². The Morgan fingerprint density at radius 1 is 1.14 bits per heavy atom. The molecule has 0 atom stereocenters. The Morgan fingerprint density at radius 2 is 1.90 bits per heavy atom. The molecular weight excluding hydrogens is 371 g/mol. The van der Waals surface area contributed by atoms with Gasteiger partial charge in [-0.2, -0.15) is 9.97 Å². The molecule has 0 unspecified atom stereocenters. The third-order valence-corrected chi connectivity index (χ3v) is 5.58. The van der Waals surface area contributed by atoms with Crippen LogP contribution in [0.2, 0.25) is 0 Å². The molecule has 3 aromatic rings. The van der Waals surface area contributed by atoms with E-state index in [-0.39, 0.29) is 17.9 Å². The van der Waals surface area contributed by atoms with Crippen molar-refractivity contribution < 1.29 is 4.39 Å². The summed E-state index contributed by atoms with van der Waals surface area (Å²) in [5, 5.41) is 3.39. The van der Waals surface area contributed by atoms with Gasteiger partial charge in [-0.1, -0.05) is 0 Å². The number of halogens is 1. The fourth-order valence-electron chi connectivity index (χ4n) is 3.94. The molecule has 29 heavy (non-hydrogen) atoms. The average molecular weight is 398 g/mol. The van der Waals surface area contributed by atoms with Crippen LogP contribution in [-0.2, 0) is 13.0 Å². The number of benzene rings is 1. The van der Waals surface area contributed by atoms with E-state index in [4.69, 9.17) is 17.2 Å². The molecule has 8 nitrogen and oxygen atoms in total. The minimum absolute atomic E-state index is 0.279. The smallest absolute Gasteiger partial charge is 0.226 e. The first kappa shape index (κ1) is 19.4. The van der Waals surface area contributed by atoms with E-state index in [0.717, 1.165) is 31.5 Å². The van der Waals surface area contributed by atoms with Crippen LogP contribution in [0.4, 0.5) is 21.8 Å².